The molecular formula is C15H24N2O2. The number of carbonyl (C=O) groups excluding carboxylic acids is 1. The Kier molecular flexibility index (Phi) is 6.53. The SMILES string of the molecule is CCOCC(NC(=O)[C@H](N)c1ccccc1)C(C)C. The number of benzene rings is 1. The Balaban J connectivity index is 2.61. The van der Waals surface area contributed by atoms with Gasteiger partial charge >= 0.3 is 0 Å². The van der Waals surface area contributed by atoms with Crippen molar-refractivity contribution in [1.82, 2.24) is 5.32 Å². The van der Waals surface area contributed by atoms with Crippen LogP contribution in [0, 0.1) is 5.92 Å². The van der Waals surface area contributed by atoms with Gasteiger partial charge in [0, 0.05) is 6.61 Å². The summed E-state index contributed by atoms with van der Waals surface area (Å²) in [6, 6.07) is 8.73. The zero-order chi connectivity index (χ0) is 14.3. The van der Waals surface area contributed by atoms with Crippen LogP contribution in [0.2, 0.25) is 0 Å². The van der Waals surface area contributed by atoms with Gasteiger partial charge in [-0.3, -0.25) is 4.79 Å². The molecule has 2 atom stereocenters. The van der Waals surface area contributed by atoms with E-state index in [1.807, 2.05) is 37.3 Å². The third-order valence-electron chi connectivity index (χ3n) is 3.08. The lowest BCUT2D eigenvalue weighted by Gasteiger charge is -2.24. The molecule has 1 aromatic rings. The number of amides is 1. The summed E-state index contributed by atoms with van der Waals surface area (Å²) in [5.74, 6) is 0.142. The zero-order valence-corrected chi connectivity index (χ0v) is 11.9. The van der Waals surface area contributed by atoms with Crippen molar-refractivity contribution in [2.75, 3.05) is 13.2 Å². The van der Waals surface area contributed by atoms with E-state index in [9.17, 15) is 4.79 Å². The van der Waals surface area contributed by atoms with Crippen molar-refractivity contribution in [2.45, 2.75) is 32.9 Å². The van der Waals surface area contributed by atoms with Gasteiger partial charge in [-0.2, -0.15) is 0 Å². The lowest BCUT2D eigenvalue weighted by atomic mass is 10.0. The van der Waals surface area contributed by atoms with Gasteiger partial charge in [-0.15, -0.1) is 0 Å². The van der Waals surface area contributed by atoms with E-state index in [0.717, 1.165) is 5.56 Å². The molecule has 0 aromatic heterocycles. The predicted molar refractivity (Wildman–Crippen MR) is 76.6 cm³/mol. The number of carbonyl (C=O) groups is 1. The maximum Gasteiger partial charge on any atom is 0.241 e. The molecule has 1 amide bonds. The van der Waals surface area contributed by atoms with E-state index in [1.165, 1.54) is 0 Å². The lowest BCUT2D eigenvalue weighted by molar-refractivity contribution is -0.124. The zero-order valence-electron chi connectivity index (χ0n) is 11.9. The van der Waals surface area contributed by atoms with E-state index < -0.39 is 6.04 Å². The molecule has 3 N–H and O–H groups in total. The summed E-state index contributed by atoms with van der Waals surface area (Å²) in [7, 11) is 0. The van der Waals surface area contributed by atoms with E-state index in [4.69, 9.17) is 10.5 Å². The van der Waals surface area contributed by atoms with Gasteiger partial charge < -0.3 is 15.8 Å². The first-order chi connectivity index (χ1) is 9.06. The molecule has 0 fully saturated rings. The summed E-state index contributed by atoms with van der Waals surface area (Å²) in [6.45, 7) is 7.20. The highest BCUT2D eigenvalue weighted by Gasteiger charge is 2.21. The summed E-state index contributed by atoms with van der Waals surface area (Å²) in [5.41, 5.74) is 6.78. The highest BCUT2D eigenvalue weighted by Crippen LogP contribution is 2.11. The van der Waals surface area contributed by atoms with Crippen molar-refractivity contribution in [3.8, 4) is 0 Å². The molecule has 0 saturated carbocycles. The Bertz CT molecular complexity index is 379. The van der Waals surface area contributed by atoms with Gasteiger partial charge in [0.2, 0.25) is 5.91 Å². The molecule has 19 heavy (non-hydrogen) atoms. The third-order valence-corrected chi connectivity index (χ3v) is 3.08. The fraction of sp³-hybridized carbons (Fsp3) is 0.533. The normalized spacial score (nSPS) is 14.2. The molecule has 0 spiro atoms. The third kappa shape index (κ3) is 5.01. The van der Waals surface area contributed by atoms with Crippen LogP contribution in [-0.2, 0) is 9.53 Å². The van der Waals surface area contributed by atoms with Gasteiger partial charge in [0.15, 0.2) is 0 Å². The van der Waals surface area contributed by atoms with Crippen molar-refractivity contribution < 1.29 is 9.53 Å². The molecule has 0 aliphatic rings. The van der Waals surface area contributed by atoms with Gasteiger partial charge in [0.05, 0.1) is 12.6 Å². The van der Waals surface area contributed by atoms with Crippen molar-refractivity contribution in [2.24, 2.45) is 11.7 Å². The van der Waals surface area contributed by atoms with Crippen molar-refractivity contribution in [3.05, 3.63) is 35.9 Å². The fourth-order valence-corrected chi connectivity index (χ4v) is 1.73. The van der Waals surface area contributed by atoms with Crippen molar-refractivity contribution >= 4 is 5.91 Å². The molecule has 0 aliphatic carbocycles. The van der Waals surface area contributed by atoms with Crippen LogP contribution >= 0.6 is 0 Å². The standard InChI is InChI=1S/C15H24N2O2/c1-4-19-10-13(11(2)3)17-15(18)14(16)12-8-6-5-7-9-12/h5-9,11,13-14H,4,10,16H2,1-3H3,(H,17,18)/t13?,14-/m1/s1. The van der Waals surface area contributed by atoms with E-state index in [0.29, 0.717) is 19.1 Å². The molecule has 1 unspecified atom stereocenters. The second-order valence-electron chi connectivity index (χ2n) is 4.91. The highest BCUT2D eigenvalue weighted by atomic mass is 16.5. The number of nitrogens with one attached hydrogen (secondary N) is 1. The lowest BCUT2D eigenvalue weighted by Crippen LogP contribution is -2.45. The molecule has 0 aliphatic heterocycles. The first-order valence-electron chi connectivity index (χ1n) is 6.74. The molecule has 0 radical (unpaired) electrons. The molecule has 4 nitrogen and oxygen atoms in total. The molecule has 0 bridgehead atoms. The monoisotopic (exact) mass is 264 g/mol. The Morgan fingerprint density at radius 2 is 1.95 bits per heavy atom. The van der Waals surface area contributed by atoms with Crippen LogP contribution in [0.3, 0.4) is 0 Å². The summed E-state index contributed by atoms with van der Waals surface area (Å²) >= 11 is 0. The topological polar surface area (TPSA) is 64.3 Å². The van der Waals surface area contributed by atoms with Gasteiger partial charge in [0.1, 0.15) is 6.04 Å². The molecule has 1 rings (SSSR count). The van der Waals surface area contributed by atoms with Crippen molar-refractivity contribution in [1.29, 1.82) is 0 Å². The minimum Gasteiger partial charge on any atom is -0.380 e. The van der Waals surface area contributed by atoms with E-state index >= 15 is 0 Å². The Hall–Kier alpha value is -1.39. The van der Waals surface area contributed by atoms with Crippen LogP contribution in [0.1, 0.15) is 32.4 Å². The second-order valence-corrected chi connectivity index (χ2v) is 4.91. The number of hydrogen-bond donors (Lipinski definition) is 2. The Labute approximate surface area is 115 Å². The van der Waals surface area contributed by atoms with Crippen LogP contribution in [0.4, 0.5) is 0 Å². The van der Waals surface area contributed by atoms with Crippen LogP contribution in [0.15, 0.2) is 30.3 Å². The minimum absolute atomic E-state index is 0.0118. The maximum absolute atomic E-state index is 12.1. The van der Waals surface area contributed by atoms with Crippen LogP contribution in [-0.4, -0.2) is 25.2 Å². The van der Waals surface area contributed by atoms with Crippen LogP contribution in [0.5, 0.6) is 0 Å². The molecule has 0 heterocycles. The fourth-order valence-electron chi connectivity index (χ4n) is 1.73. The van der Waals surface area contributed by atoms with Crippen LogP contribution < -0.4 is 11.1 Å². The average molecular weight is 264 g/mol. The number of nitrogens with two attached hydrogens (primary N) is 1. The molecule has 106 valence electrons. The van der Waals surface area contributed by atoms with Crippen LogP contribution in [0.25, 0.3) is 0 Å². The van der Waals surface area contributed by atoms with Gasteiger partial charge in [-0.25, -0.2) is 0 Å². The quantitative estimate of drug-likeness (QED) is 0.790. The van der Waals surface area contributed by atoms with E-state index in [-0.39, 0.29) is 11.9 Å². The predicted octanol–water partition coefficient (Wildman–Crippen LogP) is 1.86. The summed E-state index contributed by atoms with van der Waals surface area (Å²) in [6.07, 6.45) is 0. The molecule has 1 aromatic carbocycles. The molecule has 0 saturated heterocycles. The smallest absolute Gasteiger partial charge is 0.241 e. The number of ether oxygens (including phenoxy) is 1. The maximum atomic E-state index is 12.1. The van der Waals surface area contributed by atoms with E-state index in [1.54, 1.807) is 0 Å². The summed E-state index contributed by atoms with van der Waals surface area (Å²) in [4.78, 5) is 12.1. The Morgan fingerprint density at radius 1 is 1.32 bits per heavy atom. The molecule has 4 heteroatoms. The first kappa shape index (κ1) is 15.7. The summed E-state index contributed by atoms with van der Waals surface area (Å²) in [5, 5.41) is 2.96. The number of hydrogen-bond acceptors (Lipinski definition) is 3. The minimum atomic E-state index is -0.635. The van der Waals surface area contributed by atoms with Gasteiger partial charge in [-0.05, 0) is 18.4 Å². The summed E-state index contributed by atoms with van der Waals surface area (Å²) < 4.78 is 5.39. The largest absolute Gasteiger partial charge is 0.380 e. The Morgan fingerprint density at radius 3 is 2.47 bits per heavy atom. The van der Waals surface area contributed by atoms with Crippen molar-refractivity contribution in [3.63, 3.8) is 0 Å². The number of rotatable bonds is 7. The highest BCUT2D eigenvalue weighted by molar-refractivity contribution is 5.83. The van der Waals surface area contributed by atoms with Gasteiger partial charge in [-0.1, -0.05) is 44.2 Å². The molecular weight excluding hydrogens is 240 g/mol. The van der Waals surface area contributed by atoms with E-state index in [2.05, 4.69) is 19.2 Å². The van der Waals surface area contributed by atoms with Gasteiger partial charge in [0.25, 0.3) is 0 Å². The first-order valence-corrected chi connectivity index (χ1v) is 6.74. The second kappa shape index (κ2) is 7.92. The average Bonchev–Trinajstić information content (AvgIpc) is 2.43.